The molecule has 1 aromatic heterocycles. The van der Waals surface area contributed by atoms with Gasteiger partial charge >= 0.3 is 0 Å². The topological polar surface area (TPSA) is 59.2 Å². The van der Waals surface area contributed by atoms with E-state index in [1.807, 2.05) is 18.7 Å². The van der Waals surface area contributed by atoms with Crippen molar-refractivity contribution in [2.45, 2.75) is 40.2 Å². The number of amides is 1. The maximum atomic E-state index is 12.5. The minimum atomic E-state index is -0.0124. The van der Waals surface area contributed by atoms with E-state index in [0.717, 1.165) is 35.1 Å². The van der Waals surface area contributed by atoms with Gasteiger partial charge in [-0.15, -0.1) is 11.3 Å². The minimum Gasteiger partial charge on any atom is -0.337 e. The third-order valence-electron chi connectivity index (χ3n) is 3.70. The van der Waals surface area contributed by atoms with Gasteiger partial charge in [0.2, 0.25) is 0 Å². The molecule has 2 N–H and O–H groups in total. The number of aromatic nitrogens is 1. The van der Waals surface area contributed by atoms with E-state index in [9.17, 15) is 4.79 Å². The maximum Gasteiger partial charge on any atom is 0.265 e. The first-order valence-electron chi connectivity index (χ1n) is 6.30. The number of hydrogen-bond donors (Lipinski definition) is 1. The number of thiazole rings is 1. The van der Waals surface area contributed by atoms with Gasteiger partial charge in [0, 0.05) is 19.1 Å². The summed E-state index contributed by atoms with van der Waals surface area (Å²) in [5.74, 6) is 0.109. The van der Waals surface area contributed by atoms with Crippen LogP contribution in [0.2, 0.25) is 0 Å². The fourth-order valence-electron chi connectivity index (χ4n) is 2.42. The Bertz CT molecular complexity index is 467. The van der Waals surface area contributed by atoms with Gasteiger partial charge in [-0.3, -0.25) is 4.79 Å². The van der Waals surface area contributed by atoms with Crippen molar-refractivity contribution in [2.24, 2.45) is 11.1 Å². The van der Waals surface area contributed by atoms with Crippen LogP contribution in [0.25, 0.3) is 0 Å². The van der Waals surface area contributed by atoms with Gasteiger partial charge in [-0.1, -0.05) is 13.8 Å². The zero-order valence-corrected chi connectivity index (χ0v) is 12.3. The highest BCUT2D eigenvalue weighted by molar-refractivity contribution is 7.13. The van der Waals surface area contributed by atoms with Crippen molar-refractivity contribution in [1.82, 2.24) is 9.88 Å². The van der Waals surface area contributed by atoms with Crippen molar-refractivity contribution in [3.8, 4) is 0 Å². The lowest BCUT2D eigenvalue weighted by Crippen LogP contribution is -2.53. The predicted molar refractivity (Wildman–Crippen MR) is 73.9 cm³/mol. The zero-order chi connectivity index (χ0) is 13.5. The summed E-state index contributed by atoms with van der Waals surface area (Å²) < 4.78 is 0. The molecule has 0 bridgehead atoms. The summed E-state index contributed by atoms with van der Waals surface area (Å²) in [5, 5.41) is 0.948. The molecule has 2 rings (SSSR count). The summed E-state index contributed by atoms with van der Waals surface area (Å²) in [6.07, 6.45) is 0.871. The lowest BCUT2D eigenvalue weighted by molar-refractivity contribution is 0.0536. The van der Waals surface area contributed by atoms with Crippen LogP contribution in [0.15, 0.2) is 0 Å². The number of piperidine rings is 1. The summed E-state index contributed by atoms with van der Waals surface area (Å²) in [5.41, 5.74) is 6.93. The normalized spacial score (nSPS) is 23.2. The molecule has 1 aliphatic rings. The van der Waals surface area contributed by atoms with Gasteiger partial charge in [-0.25, -0.2) is 4.98 Å². The van der Waals surface area contributed by atoms with Crippen LogP contribution in [-0.2, 0) is 0 Å². The number of rotatable bonds is 1. The van der Waals surface area contributed by atoms with Gasteiger partial charge in [0.25, 0.3) is 5.91 Å². The lowest BCUT2D eigenvalue weighted by atomic mass is 9.79. The highest BCUT2D eigenvalue weighted by Gasteiger charge is 2.36. The molecule has 2 heterocycles. The van der Waals surface area contributed by atoms with Crippen LogP contribution in [0.1, 0.15) is 40.6 Å². The smallest absolute Gasteiger partial charge is 0.265 e. The first kappa shape index (κ1) is 13.5. The zero-order valence-electron chi connectivity index (χ0n) is 11.5. The number of carbonyl (C=O) groups is 1. The van der Waals surface area contributed by atoms with Crippen molar-refractivity contribution < 1.29 is 4.79 Å². The average molecular weight is 267 g/mol. The molecule has 0 radical (unpaired) electrons. The van der Waals surface area contributed by atoms with E-state index in [1.54, 1.807) is 0 Å². The van der Waals surface area contributed by atoms with Crippen molar-refractivity contribution in [1.29, 1.82) is 0 Å². The molecule has 1 aliphatic heterocycles. The van der Waals surface area contributed by atoms with Gasteiger partial charge in [-0.05, 0) is 25.7 Å². The Labute approximate surface area is 112 Å². The van der Waals surface area contributed by atoms with Crippen LogP contribution < -0.4 is 5.73 Å². The number of likely N-dealkylation sites (tertiary alicyclic amines) is 1. The second kappa shape index (κ2) is 4.63. The molecule has 4 nitrogen and oxygen atoms in total. The Balaban J connectivity index is 2.18. The number of nitrogens with zero attached hydrogens (tertiary/aromatic N) is 2. The molecule has 0 saturated carbocycles. The summed E-state index contributed by atoms with van der Waals surface area (Å²) in [4.78, 5) is 19.5. The van der Waals surface area contributed by atoms with E-state index < -0.39 is 0 Å². The summed E-state index contributed by atoms with van der Waals surface area (Å²) in [7, 11) is 0. The van der Waals surface area contributed by atoms with Gasteiger partial charge in [-0.2, -0.15) is 0 Å². The van der Waals surface area contributed by atoms with Crippen LogP contribution in [0.5, 0.6) is 0 Å². The molecular formula is C13H21N3OS. The van der Waals surface area contributed by atoms with E-state index in [0.29, 0.717) is 0 Å². The summed E-state index contributed by atoms with van der Waals surface area (Å²) >= 11 is 1.48. The molecule has 1 atom stereocenters. The second-order valence-corrected chi connectivity index (χ2v) is 6.96. The first-order chi connectivity index (χ1) is 8.31. The Morgan fingerprint density at radius 2 is 2.17 bits per heavy atom. The average Bonchev–Trinajstić information content (AvgIpc) is 2.60. The highest BCUT2D eigenvalue weighted by atomic mass is 32.1. The van der Waals surface area contributed by atoms with Gasteiger partial charge in [0.1, 0.15) is 4.88 Å². The van der Waals surface area contributed by atoms with Crippen LogP contribution >= 0.6 is 11.3 Å². The Morgan fingerprint density at radius 3 is 2.67 bits per heavy atom. The third kappa shape index (κ3) is 2.42. The molecule has 1 aromatic rings. The second-order valence-electron chi connectivity index (χ2n) is 5.76. The SMILES string of the molecule is Cc1nc(C)c(C(=O)N2CCC(N)C(C)(C)C2)s1. The van der Waals surface area contributed by atoms with Crippen LogP contribution in [0.3, 0.4) is 0 Å². The maximum absolute atomic E-state index is 12.5. The van der Waals surface area contributed by atoms with E-state index >= 15 is 0 Å². The molecule has 18 heavy (non-hydrogen) atoms. The fraction of sp³-hybridized carbons (Fsp3) is 0.692. The van der Waals surface area contributed by atoms with E-state index in [2.05, 4.69) is 18.8 Å². The quantitative estimate of drug-likeness (QED) is 0.846. The number of carbonyl (C=O) groups excluding carboxylic acids is 1. The molecule has 1 unspecified atom stereocenters. The molecule has 5 heteroatoms. The minimum absolute atomic E-state index is 0.0124. The Kier molecular flexibility index (Phi) is 3.47. The van der Waals surface area contributed by atoms with E-state index in [-0.39, 0.29) is 17.4 Å². The third-order valence-corrected chi connectivity index (χ3v) is 4.76. The van der Waals surface area contributed by atoms with Crippen molar-refractivity contribution >= 4 is 17.2 Å². The monoisotopic (exact) mass is 267 g/mol. The van der Waals surface area contributed by atoms with Crippen molar-refractivity contribution in [3.63, 3.8) is 0 Å². The molecule has 0 aliphatic carbocycles. The Morgan fingerprint density at radius 1 is 1.50 bits per heavy atom. The summed E-state index contributed by atoms with van der Waals surface area (Å²) in [6.45, 7) is 9.56. The van der Waals surface area contributed by atoms with Crippen molar-refractivity contribution in [3.05, 3.63) is 15.6 Å². The molecule has 0 aromatic carbocycles. The molecule has 1 fully saturated rings. The number of aryl methyl sites for hydroxylation is 2. The first-order valence-corrected chi connectivity index (χ1v) is 7.12. The molecule has 1 saturated heterocycles. The predicted octanol–water partition coefficient (Wildman–Crippen LogP) is 1.96. The standard InChI is InChI=1S/C13H21N3OS/c1-8-11(18-9(2)15-8)12(17)16-6-5-10(14)13(3,4)7-16/h10H,5-7,14H2,1-4H3. The number of nitrogens with two attached hydrogens (primary N) is 1. The molecule has 1 amide bonds. The van der Waals surface area contributed by atoms with Crippen LogP contribution in [0, 0.1) is 19.3 Å². The van der Waals surface area contributed by atoms with Crippen LogP contribution in [0.4, 0.5) is 0 Å². The Hall–Kier alpha value is -0.940. The van der Waals surface area contributed by atoms with Crippen molar-refractivity contribution in [2.75, 3.05) is 13.1 Å². The largest absolute Gasteiger partial charge is 0.337 e. The number of hydrogen-bond acceptors (Lipinski definition) is 4. The lowest BCUT2D eigenvalue weighted by Gasteiger charge is -2.42. The van der Waals surface area contributed by atoms with E-state index in [1.165, 1.54) is 11.3 Å². The van der Waals surface area contributed by atoms with Gasteiger partial charge < -0.3 is 10.6 Å². The van der Waals surface area contributed by atoms with E-state index in [4.69, 9.17) is 5.73 Å². The summed E-state index contributed by atoms with van der Waals surface area (Å²) in [6, 6.07) is 0.172. The molecular weight excluding hydrogens is 246 g/mol. The highest BCUT2D eigenvalue weighted by Crippen LogP contribution is 2.29. The van der Waals surface area contributed by atoms with Crippen LogP contribution in [-0.4, -0.2) is 34.9 Å². The molecule has 0 spiro atoms. The fourth-order valence-corrected chi connectivity index (χ4v) is 3.31. The van der Waals surface area contributed by atoms with Gasteiger partial charge in [0.05, 0.1) is 10.7 Å². The molecule has 100 valence electrons. The van der Waals surface area contributed by atoms with Gasteiger partial charge in [0.15, 0.2) is 0 Å².